The normalized spacial score (nSPS) is 11.1. The lowest BCUT2D eigenvalue weighted by atomic mass is 10.2. The van der Waals surface area contributed by atoms with Crippen LogP contribution in [0.5, 0.6) is 11.5 Å². The van der Waals surface area contributed by atoms with Crippen LogP contribution in [0.1, 0.15) is 11.1 Å². The molecule has 0 unspecified atom stereocenters. The molecule has 0 fully saturated rings. The molecule has 0 bridgehead atoms. The van der Waals surface area contributed by atoms with Crippen LogP contribution >= 0.6 is 0 Å². The standard InChI is InChI=1S/C19H16N4O3/c24-15-5-1-13(2-6-15)9-22-11-20-17-18(22)21-12-23(19(17)26)10-14-3-7-16(25)8-4-14/h1-8,11-12,24-25H,9-10H2. The van der Waals surface area contributed by atoms with Gasteiger partial charge < -0.3 is 14.8 Å². The molecule has 2 aromatic heterocycles. The SMILES string of the molecule is O=c1c2ncn(Cc3ccc(O)cc3)c2ncn1Cc1ccc(O)cc1. The molecule has 7 heteroatoms. The lowest BCUT2D eigenvalue weighted by Gasteiger charge is -2.07. The zero-order chi connectivity index (χ0) is 18.1. The van der Waals surface area contributed by atoms with Gasteiger partial charge >= 0.3 is 0 Å². The summed E-state index contributed by atoms with van der Waals surface area (Å²) < 4.78 is 3.29. The molecule has 0 saturated carbocycles. The third-order valence-electron chi connectivity index (χ3n) is 4.17. The van der Waals surface area contributed by atoms with Crippen molar-refractivity contribution in [1.29, 1.82) is 0 Å². The van der Waals surface area contributed by atoms with Crippen LogP contribution in [-0.2, 0) is 13.1 Å². The summed E-state index contributed by atoms with van der Waals surface area (Å²) in [6, 6.07) is 13.5. The average Bonchev–Trinajstić information content (AvgIpc) is 3.05. The second kappa shape index (κ2) is 6.36. The van der Waals surface area contributed by atoms with Gasteiger partial charge in [-0.25, -0.2) is 9.97 Å². The van der Waals surface area contributed by atoms with E-state index in [1.165, 1.54) is 10.9 Å². The van der Waals surface area contributed by atoms with E-state index >= 15 is 0 Å². The molecule has 0 spiro atoms. The van der Waals surface area contributed by atoms with Crippen LogP contribution in [0.4, 0.5) is 0 Å². The maximum atomic E-state index is 12.7. The molecule has 2 aromatic carbocycles. The number of phenols is 2. The summed E-state index contributed by atoms with van der Waals surface area (Å²) in [5.41, 5.74) is 2.47. The molecule has 130 valence electrons. The highest BCUT2D eigenvalue weighted by Gasteiger charge is 2.11. The van der Waals surface area contributed by atoms with Gasteiger partial charge in [0.2, 0.25) is 0 Å². The fourth-order valence-corrected chi connectivity index (χ4v) is 2.80. The maximum Gasteiger partial charge on any atom is 0.281 e. The number of aromatic hydroxyl groups is 2. The number of hydrogen-bond donors (Lipinski definition) is 2. The Morgan fingerprint density at radius 3 is 1.81 bits per heavy atom. The summed E-state index contributed by atoms with van der Waals surface area (Å²) in [5.74, 6) is 0.391. The summed E-state index contributed by atoms with van der Waals surface area (Å²) in [6.07, 6.45) is 3.10. The molecule has 0 aliphatic heterocycles. The molecule has 7 nitrogen and oxygen atoms in total. The first-order valence-electron chi connectivity index (χ1n) is 8.06. The number of hydrogen-bond acceptors (Lipinski definition) is 5. The van der Waals surface area contributed by atoms with E-state index in [9.17, 15) is 15.0 Å². The Hall–Kier alpha value is -3.61. The third-order valence-corrected chi connectivity index (χ3v) is 4.17. The monoisotopic (exact) mass is 348 g/mol. The molecule has 26 heavy (non-hydrogen) atoms. The van der Waals surface area contributed by atoms with Crippen LogP contribution in [0.15, 0.2) is 66.0 Å². The Bertz CT molecular complexity index is 1110. The van der Waals surface area contributed by atoms with E-state index in [2.05, 4.69) is 9.97 Å². The van der Waals surface area contributed by atoms with E-state index in [1.54, 1.807) is 47.3 Å². The van der Waals surface area contributed by atoms with Crippen LogP contribution in [0.3, 0.4) is 0 Å². The van der Waals surface area contributed by atoms with Crippen LogP contribution in [0.2, 0.25) is 0 Å². The Balaban J connectivity index is 1.65. The van der Waals surface area contributed by atoms with Crippen molar-refractivity contribution in [3.63, 3.8) is 0 Å². The minimum absolute atomic E-state index is 0.183. The van der Waals surface area contributed by atoms with E-state index in [1.807, 2.05) is 12.1 Å². The molecule has 0 amide bonds. The van der Waals surface area contributed by atoms with Crippen LogP contribution in [0.25, 0.3) is 11.2 Å². The van der Waals surface area contributed by atoms with Gasteiger partial charge in [-0.05, 0) is 35.4 Å². The largest absolute Gasteiger partial charge is 0.508 e. The fourth-order valence-electron chi connectivity index (χ4n) is 2.80. The molecule has 0 aliphatic carbocycles. The molecular formula is C19H16N4O3. The average molecular weight is 348 g/mol. The quantitative estimate of drug-likeness (QED) is 0.589. The van der Waals surface area contributed by atoms with Gasteiger partial charge in [-0.2, -0.15) is 0 Å². The van der Waals surface area contributed by atoms with E-state index in [0.29, 0.717) is 24.3 Å². The topological polar surface area (TPSA) is 93.2 Å². The highest BCUT2D eigenvalue weighted by atomic mass is 16.3. The van der Waals surface area contributed by atoms with E-state index in [-0.39, 0.29) is 17.1 Å². The highest BCUT2D eigenvalue weighted by Crippen LogP contribution is 2.14. The summed E-state index contributed by atoms with van der Waals surface area (Å²) >= 11 is 0. The molecule has 2 heterocycles. The zero-order valence-corrected chi connectivity index (χ0v) is 13.8. The minimum Gasteiger partial charge on any atom is -0.508 e. The van der Waals surface area contributed by atoms with Crippen LogP contribution < -0.4 is 5.56 Å². The van der Waals surface area contributed by atoms with Crippen molar-refractivity contribution < 1.29 is 10.2 Å². The van der Waals surface area contributed by atoms with Crippen LogP contribution in [0, 0.1) is 0 Å². The van der Waals surface area contributed by atoms with Crippen molar-refractivity contribution in [2.45, 2.75) is 13.1 Å². The third kappa shape index (κ3) is 3.02. The summed E-state index contributed by atoms with van der Waals surface area (Å²) in [4.78, 5) is 21.3. The maximum absolute atomic E-state index is 12.7. The molecular weight excluding hydrogens is 332 g/mol. The molecule has 0 radical (unpaired) electrons. The number of fused-ring (bicyclic) bond motifs is 1. The van der Waals surface area contributed by atoms with Gasteiger partial charge in [-0.3, -0.25) is 9.36 Å². The van der Waals surface area contributed by atoms with E-state index in [4.69, 9.17) is 0 Å². The lowest BCUT2D eigenvalue weighted by Crippen LogP contribution is -2.21. The smallest absolute Gasteiger partial charge is 0.281 e. The molecule has 4 rings (SSSR count). The van der Waals surface area contributed by atoms with Crippen molar-refractivity contribution in [2.24, 2.45) is 0 Å². The Kier molecular flexibility index (Phi) is 3.89. The van der Waals surface area contributed by atoms with Crippen LogP contribution in [-0.4, -0.2) is 29.3 Å². The highest BCUT2D eigenvalue weighted by molar-refractivity contribution is 5.69. The number of benzene rings is 2. The molecule has 4 aromatic rings. The van der Waals surface area contributed by atoms with E-state index in [0.717, 1.165) is 11.1 Å². The minimum atomic E-state index is -0.215. The lowest BCUT2D eigenvalue weighted by molar-refractivity contribution is 0.474. The number of aromatic nitrogens is 4. The Morgan fingerprint density at radius 2 is 1.23 bits per heavy atom. The first kappa shape index (κ1) is 15.9. The van der Waals surface area contributed by atoms with E-state index < -0.39 is 0 Å². The van der Waals surface area contributed by atoms with Crippen molar-refractivity contribution >= 4 is 11.2 Å². The van der Waals surface area contributed by atoms with Gasteiger partial charge in [0, 0.05) is 0 Å². The number of imidazole rings is 1. The number of phenolic OH excluding ortho intramolecular Hbond substituents is 2. The molecule has 2 N–H and O–H groups in total. The molecule has 0 atom stereocenters. The Labute approximate surface area is 148 Å². The fraction of sp³-hybridized carbons (Fsp3) is 0.105. The predicted octanol–water partition coefficient (Wildman–Crippen LogP) is 2.10. The predicted molar refractivity (Wildman–Crippen MR) is 96.2 cm³/mol. The van der Waals surface area contributed by atoms with Gasteiger partial charge in [0.15, 0.2) is 11.2 Å². The first-order valence-corrected chi connectivity index (χ1v) is 8.06. The zero-order valence-electron chi connectivity index (χ0n) is 13.8. The van der Waals surface area contributed by atoms with Gasteiger partial charge in [0.25, 0.3) is 5.56 Å². The second-order valence-electron chi connectivity index (χ2n) is 6.06. The van der Waals surface area contributed by atoms with Gasteiger partial charge in [0.1, 0.15) is 17.8 Å². The van der Waals surface area contributed by atoms with Crippen molar-refractivity contribution in [3.8, 4) is 11.5 Å². The van der Waals surface area contributed by atoms with Crippen molar-refractivity contribution in [2.75, 3.05) is 0 Å². The second-order valence-corrected chi connectivity index (χ2v) is 6.06. The first-order chi connectivity index (χ1) is 12.6. The van der Waals surface area contributed by atoms with Gasteiger partial charge in [0.05, 0.1) is 19.4 Å². The van der Waals surface area contributed by atoms with Crippen molar-refractivity contribution in [3.05, 3.63) is 82.7 Å². The summed E-state index contributed by atoms with van der Waals surface area (Å²) in [5, 5.41) is 18.7. The molecule has 0 aliphatic rings. The van der Waals surface area contributed by atoms with Crippen molar-refractivity contribution in [1.82, 2.24) is 19.1 Å². The molecule has 0 saturated heterocycles. The summed E-state index contributed by atoms with van der Waals surface area (Å²) in [6.45, 7) is 0.859. The number of nitrogens with zero attached hydrogens (tertiary/aromatic N) is 4. The summed E-state index contributed by atoms with van der Waals surface area (Å²) in [7, 11) is 0. The van der Waals surface area contributed by atoms with Gasteiger partial charge in [-0.1, -0.05) is 24.3 Å². The number of rotatable bonds is 4. The Morgan fingerprint density at radius 1 is 0.731 bits per heavy atom. The van der Waals surface area contributed by atoms with Gasteiger partial charge in [-0.15, -0.1) is 0 Å².